The Morgan fingerprint density at radius 1 is 0.897 bits per heavy atom. The summed E-state index contributed by atoms with van der Waals surface area (Å²) in [5, 5.41) is 1.64. The van der Waals surface area contributed by atoms with E-state index >= 15 is 0 Å². The van der Waals surface area contributed by atoms with Gasteiger partial charge in [0, 0.05) is 6.54 Å². The van der Waals surface area contributed by atoms with Gasteiger partial charge in [-0.1, -0.05) is 85.8 Å². The first-order valence-electron chi connectivity index (χ1n) is 10.1. The summed E-state index contributed by atoms with van der Waals surface area (Å²) < 4.78 is 1.88. The Labute approximate surface area is 174 Å². The third-order valence-corrected chi connectivity index (χ3v) is 6.83. The highest BCUT2D eigenvalue weighted by Gasteiger charge is 2.30. The quantitative estimate of drug-likeness (QED) is 0.383. The average molecular weight is 399 g/mol. The fourth-order valence-electron chi connectivity index (χ4n) is 4.09. The minimum absolute atomic E-state index is 0.0612. The first kappa shape index (κ1) is 18.2. The number of nitrogens with zero attached hydrogens (tertiary/aromatic N) is 2. The van der Waals surface area contributed by atoms with E-state index in [-0.39, 0.29) is 10.8 Å². The lowest BCUT2D eigenvalue weighted by Crippen LogP contribution is -2.23. The molecule has 0 spiro atoms. The molecule has 0 saturated carbocycles. The van der Waals surface area contributed by atoms with Crippen LogP contribution in [-0.4, -0.2) is 9.55 Å². The molecule has 0 radical (unpaired) electrons. The number of benzene rings is 3. The second-order valence-electron chi connectivity index (χ2n) is 7.39. The fourth-order valence-corrected chi connectivity index (χ4v) is 5.42. The summed E-state index contributed by atoms with van der Waals surface area (Å²) in [4.78, 5) is 18.2. The molecule has 0 amide bonds. The highest BCUT2D eigenvalue weighted by atomic mass is 32.2. The van der Waals surface area contributed by atoms with Gasteiger partial charge in [-0.2, -0.15) is 0 Å². The zero-order valence-corrected chi connectivity index (χ0v) is 17.2. The first-order valence-corrected chi connectivity index (χ1v) is 11.0. The van der Waals surface area contributed by atoms with Crippen LogP contribution < -0.4 is 5.56 Å². The lowest BCUT2D eigenvalue weighted by Gasteiger charge is -2.17. The Morgan fingerprint density at radius 3 is 2.21 bits per heavy atom. The van der Waals surface area contributed by atoms with Gasteiger partial charge in [-0.25, -0.2) is 4.98 Å². The van der Waals surface area contributed by atoms with Gasteiger partial charge in [0.15, 0.2) is 5.16 Å². The van der Waals surface area contributed by atoms with E-state index in [1.807, 2.05) is 28.8 Å². The zero-order valence-electron chi connectivity index (χ0n) is 16.3. The van der Waals surface area contributed by atoms with E-state index < -0.39 is 0 Å². The molecule has 29 heavy (non-hydrogen) atoms. The van der Waals surface area contributed by atoms with Crippen LogP contribution in [0.3, 0.4) is 0 Å². The molecular formula is C25H22N2OS. The molecule has 1 heterocycles. The molecule has 4 aromatic rings. The number of hydrogen-bond donors (Lipinski definition) is 0. The highest BCUT2D eigenvalue weighted by molar-refractivity contribution is 7.99. The molecular weight excluding hydrogens is 376 g/mol. The molecule has 1 aliphatic rings. The van der Waals surface area contributed by atoms with E-state index in [4.69, 9.17) is 4.98 Å². The van der Waals surface area contributed by atoms with Crippen LogP contribution in [0, 0.1) is 0 Å². The van der Waals surface area contributed by atoms with Gasteiger partial charge < -0.3 is 0 Å². The van der Waals surface area contributed by atoms with Gasteiger partial charge in [-0.15, -0.1) is 0 Å². The molecule has 1 aromatic heterocycles. The maximum Gasteiger partial charge on any atom is 0.262 e. The topological polar surface area (TPSA) is 34.9 Å². The largest absolute Gasteiger partial charge is 0.287 e. The van der Waals surface area contributed by atoms with E-state index in [9.17, 15) is 4.79 Å². The summed E-state index contributed by atoms with van der Waals surface area (Å²) in [7, 11) is 0. The monoisotopic (exact) mass is 398 g/mol. The van der Waals surface area contributed by atoms with Crippen LogP contribution in [0.5, 0.6) is 0 Å². The standard InChI is InChI=1S/C25H22N2OS/c1-2-3-16-27-24(28)21-14-8-9-15-22(21)26-25(27)29-23-19-12-6-4-10-17(19)18-11-5-7-13-20(18)23/h4-15,23H,2-3,16H2,1H3. The van der Waals surface area contributed by atoms with Crippen molar-refractivity contribution in [1.82, 2.24) is 9.55 Å². The van der Waals surface area contributed by atoms with Crippen LogP contribution in [0.4, 0.5) is 0 Å². The van der Waals surface area contributed by atoms with Crippen molar-refractivity contribution in [2.45, 2.75) is 36.7 Å². The predicted molar refractivity (Wildman–Crippen MR) is 120 cm³/mol. The second kappa shape index (κ2) is 7.53. The smallest absolute Gasteiger partial charge is 0.262 e. The minimum atomic E-state index is 0.0612. The van der Waals surface area contributed by atoms with E-state index in [1.54, 1.807) is 11.8 Å². The molecule has 0 saturated heterocycles. The highest BCUT2D eigenvalue weighted by Crippen LogP contribution is 2.51. The average Bonchev–Trinajstić information content (AvgIpc) is 3.08. The maximum atomic E-state index is 13.2. The molecule has 0 atom stereocenters. The number of hydrogen-bond acceptors (Lipinski definition) is 3. The second-order valence-corrected chi connectivity index (χ2v) is 8.47. The van der Waals surface area contributed by atoms with Gasteiger partial charge in [0.1, 0.15) is 0 Å². The Bertz CT molecular complexity index is 1220. The molecule has 0 unspecified atom stereocenters. The first-order chi connectivity index (χ1) is 14.3. The number of unbranched alkanes of at least 4 members (excludes halogenated alkanes) is 1. The summed E-state index contributed by atoms with van der Waals surface area (Å²) in [6.07, 6.45) is 2.00. The van der Waals surface area contributed by atoms with Gasteiger partial charge in [-0.05, 0) is 40.8 Å². The maximum absolute atomic E-state index is 13.2. The van der Waals surface area contributed by atoms with Gasteiger partial charge in [-0.3, -0.25) is 9.36 Å². The van der Waals surface area contributed by atoms with Crippen LogP contribution >= 0.6 is 11.8 Å². The van der Waals surface area contributed by atoms with E-state index in [0.717, 1.165) is 23.5 Å². The Morgan fingerprint density at radius 2 is 1.52 bits per heavy atom. The summed E-state index contributed by atoms with van der Waals surface area (Å²) in [6.45, 7) is 2.85. The third kappa shape index (κ3) is 3.08. The van der Waals surface area contributed by atoms with Crippen LogP contribution in [0.25, 0.3) is 22.0 Å². The molecule has 0 fully saturated rings. The molecule has 0 N–H and O–H groups in total. The van der Waals surface area contributed by atoms with Gasteiger partial charge in [0.25, 0.3) is 5.56 Å². The van der Waals surface area contributed by atoms with Gasteiger partial charge >= 0.3 is 0 Å². The van der Waals surface area contributed by atoms with Crippen molar-refractivity contribution in [3.05, 3.63) is 94.3 Å². The molecule has 5 rings (SSSR count). The van der Waals surface area contributed by atoms with Crippen molar-refractivity contribution in [3.63, 3.8) is 0 Å². The molecule has 0 bridgehead atoms. The van der Waals surface area contributed by atoms with Crippen molar-refractivity contribution in [2.75, 3.05) is 0 Å². The summed E-state index contributed by atoms with van der Waals surface area (Å²) in [5.41, 5.74) is 5.98. The van der Waals surface area contributed by atoms with Crippen molar-refractivity contribution in [1.29, 1.82) is 0 Å². The molecule has 4 heteroatoms. The molecule has 3 aromatic carbocycles. The number of thioether (sulfide) groups is 1. The number of aromatic nitrogens is 2. The Hall–Kier alpha value is -2.85. The van der Waals surface area contributed by atoms with E-state index in [1.165, 1.54) is 22.3 Å². The normalized spacial score (nSPS) is 12.9. The third-order valence-electron chi connectivity index (χ3n) is 5.56. The molecule has 1 aliphatic carbocycles. The van der Waals surface area contributed by atoms with Crippen LogP contribution in [0.2, 0.25) is 0 Å². The lowest BCUT2D eigenvalue weighted by atomic mass is 10.1. The van der Waals surface area contributed by atoms with Gasteiger partial charge in [0.05, 0.1) is 16.2 Å². The van der Waals surface area contributed by atoms with Crippen molar-refractivity contribution >= 4 is 22.7 Å². The number of rotatable bonds is 5. The van der Waals surface area contributed by atoms with E-state index in [2.05, 4.69) is 55.5 Å². The zero-order chi connectivity index (χ0) is 19.8. The van der Waals surface area contributed by atoms with Gasteiger partial charge in [0.2, 0.25) is 0 Å². The predicted octanol–water partition coefficient (Wildman–Crippen LogP) is 6.06. The Balaban J connectivity index is 1.66. The van der Waals surface area contributed by atoms with Crippen LogP contribution in [0.15, 0.2) is 82.7 Å². The van der Waals surface area contributed by atoms with Crippen LogP contribution in [-0.2, 0) is 6.54 Å². The minimum Gasteiger partial charge on any atom is -0.287 e. The van der Waals surface area contributed by atoms with Crippen molar-refractivity contribution < 1.29 is 0 Å². The molecule has 144 valence electrons. The fraction of sp³-hybridized carbons (Fsp3) is 0.200. The van der Waals surface area contributed by atoms with E-state index in [0.29, 0.717) is 11.9 Å². The van der Waals surface area contributed by atoms with Crippen LogP contribution in [0.1, 0.15) is 36.1 Å². The molecule has 0 aliphatic heterocycles. The van der Waals surface area contributed by atoms with Crippen molar-refractivity contribution in [3.8, 4) is 11.1 Å². The number of para-hydroxylation sites is 1. The molecule has 3 nitrogen and oxygen atoms in total. The Kier molecular flexibility index (Phi) is 4.72. The van der Waals surface area contributed by atoms with Crippen molar-refractivity contribution in [2.24, 2.45) is 0 Å². The summed E-state index contributed by atoms with van der Waals surface area (Å²) in [6, 6.07) is 24.8. The summed E-state index contributed by atoms with van der Waals surface area (Å²) in [5.74, 6) is 0. The summed E-state index contributed by atoms with van der Waals surface area (Å²) >= 11 is 1.69. The number of fused-ring (bicyclic) bond motifs is 4. The lowest BCUT2D eigenvalue weighted by molar-refractivity contribution is 0.557. The SMILES string of the molecule is CCCCn1c(SC2c3ccccc3-c3ccccc32)nc2ccccc2c1=O.